The highest BCUT2D eigenvalue weighted by Gasteiger charge is 2.45. The van der Waals surface area contributed by atoms with Crippen LogP contribution in [0, 0.1) is 0 Å². The number of aliphatic hydroxyl groups excluding tert-OH is 3. The first kappa shape index (κ1) is 19.1. The van der Waals surface area contributed by atoms with Crippen LogP contribution in [-0.2, 0) is 4.74 Å². The summed E-state index contributed by atoms with van der Waals surface area (Å²) in [5, 5.41) is 29.6. The van der Waals surface area contributed by atoms with Crippen molar-refractivity contribution >= 4 is 13.3 Å². The van der Waals surface area contributed by atoms with Crippen LogP contribution in [0.1, 0.15) is 27.0 Å². The van der Waals surface area contributed by atoms with Crippen LogP contribution in [0.2, 0.25) is 18.1 Å². The number of nitrogens with zero attached hydrogens (tertiary/aromatic N) is 1. The van der Waals surface area contributed by atoms with Crippen molar-refractivity contribution in [3.8, 4) is 0 Å². The van der Waals surface area contributed by atoms with E-state index in [2.05, 4.69) is 4.98 Å². The lowest BCUT2D eigenvalue weighted by molar-refractivity contribution is -0.0549. The maximum atomic E-state index is 12.3. The molecule has 1 aromatic rings. The number of aromatic nitrogens is 2. The van der Waals surface area contributed by atoms with Crippen LogP contribution in [-0.4, -0.2) is 57.9 Å². The number of hydrogen-bond donors (Lipinski definition) is 4. The molecule has 0 bridgehead atoms. The van der Waals surface area contributed by atoms with Gasteiger partial charge in [0.05, 0.1) is 14.7 Å². The lowest BCUT2D eigenvalue weighted by Crippen LogP contribution is -2.59. The van der Waals surface area contributed by atoms with E-state index in [1.54, 1.807) is 0 Å². The van der Waals surface area contributed by atoms with Crippen LogP contribution >= 0.6 is 0 Å². The maximum absolute atomic E-state index is 12.3. The topological polar surface area (TPSA) is 125 Å². The average Bonchev–Trinajstić information content (AvgIpc) is 2.73. The van der Waals surface area contributed by atoms with E-state index in [0.29, 0.717) is 5.19 Å². The van der Waals surface area contributed by atoms with Gasteiger partial charge in [-0.2, -0.15) is 0 Å². The number of ether oxygens (including phenoxy) is 1. The van der Waals surface area contributed by atoms with Crippen molar-refractivity contribution in [2.24, 2.45) is 0 Å². The minimum absolute atomic E-state index is 0.134. The van der Waals surface area contributed by atoms with Gasteiger partial charge in [-0.05, 0) is 5.04 Å². The Morgan fingerprint density at radius 2 is 1.83 bits per heavy atom. The highest BCUT2D eigenvalue weighted by atomic mass is 28.3. The molecule has 4 N–H and O–H groups in total. The lowest BCUT2D eigenvalue weighted by Gasteiger charge is -2.36. The molecule has 1 saturated heterocycles. The zero-order chi connectivity index (χ0) is 18.4. The van der Waals surface area contributed by atoms with Crippen LogP contribution in [0.3, 0.4) is 0 Å². The number of aromatic amines is 1. The number of hydrogen-bond acceptors (Lipinski definition) is 6. The van der Waals surface area contributed by atoms with E-state index in [-0.39, 0.29) is 5.04 Å². The van der Waals surface area contributed by atoms with Crippen molar-refractivity contribution in [2.45, 2.75) is 63.4 Å². The van der Waals surface area contributed by atoms with Crippen LogP contribution in [0.25, 0.3) is 0 Å². The number of H-pyrrole nitrogens is 1. The number of aliphatic hydroxyl groups is 3. The molecule has 1 aliphatic rings. The molecule has 0 radical (unpaired) electrons. The molecule has 0 aliphatic carbocycles. The Kier molecular flexibility index (Phi) is 4.95. The van der Waals surface area contributed by atoms with Crippen molar-refractivity contribution in [2.75, 3.05) is 6.61 Å². The lowest BCUT2D eigenvalue weighted by atomic mass is 10.1. The molecule has 2 heterocycles. The van der Waals surface area contributed by atoms with Gasteiger partial charge in [-0.3, -0.25) is 14.3 Å². The predicted octanol–water partition coefficient (Wildman–Crippen LogP) is -1.14. The molecule has 0 aromatic carbocycles. The molecular weight excluding hydrogens is 332 g/mol. The van der Waals surface area contributed by atoms with Gasteiger partial charge >= 0.3 is 5.69 Å². The largest absolute Gasteiger partial charge is 0.394 e. The molecule has 2 unspecified atom stereocenters. The zero-order valence-corrected chi connectivity index (χ0v) is 15.6. The summed E-state index contributed by atoms with van der Waals surface area (Å²) in [6.45, 7) is 9.71. The van der Waals surface area contributed by atoms with Gasteiger partial charge in [-0.25, -0.2) is 4.79 Å². The summed E-state index contributed by atoms with van der Waals surface area (Å²) in [6.07, 6.45) is -3.41. The Hall–Kier alpha value is -1.26. The molecule has 1 aromatic heterocycles. The first-order valence-corrected chi connectivity index (χ1v) is 10.9. The summed E-state index contributed by atoms with van der Waals surface area (Å²) in [5.41, 5.74) is -1.16. The third-order valence-corrected chi connectivity index (χ3v) is 10.8. The van der Waals surface area contributed by atoms with Gasteiger partial charge in [-0.15, -0.1) is 0 Å². The molecule has 24 heavy (non-hydrogen) atoms. The standard InChI is InChI=1S/C15H26N2O6Si/c1-15(2,3)24(4,5)9-6-17(14(22)16-12(9)21)13-11(20)10(19)8(7-18)23-13/h6,8,10-11,13,18-20H,7H2,1-5H3,(H,16,21,22)/t8-,10?,11?,13-/m0/s1. The van der Waals surface area contributed by atoms with E-state index < -0.39 is 50.5 Å². The van der Waals surface area contributed by atoms with Gasteiger partial charge in [0.2, 0.25) is 0 Å². The zero-order valence-electron chi connectivity index (χ0n) is 14.6. The Morgan fingerprint density at radius 1 is 1.25 bits per heavy atom. The predicted molar refractivity (Wildman–Crippen MR) is 91.2 cm³/mol. The maximum Gasteiger partial charge on any atom is 0.330 e. The van der Waals surface area contributed by atoms with E-state index in [9.17, 15) is 24.9 Å². The van der Waals surface area contributed by atoms with E-state index in [0.717, 1.165) is 4.57 Å². The third kappa shape index (κ3) is 3.02. The summed E-state index contributed by atoms with van der Waals surface area (Å²) in [4.78, 5) is 26.8. The van der Waals surface area contributed by atoms with E-state index >= 15 is 0 Å². The molecular formula is C15H26N2O6Si. The first-order valence-electron chi connectivity index (χ1n) is 7.90. The molecule has 1 aliphatic heterocycles. The number of nitrogens with one attached hydrogen (secondary N) is 1. The van der Waals surface area contributed by atoms with Crippen molar-refractivity contribution in [3.05, 3.63) is 27.0 Å². The molecule has 8 nitrogen and oxygen atoms in total. The molecule has 0 spiro atoms. The highest BCUT2D eigenvalue weighted by molar-refractivity contribution is 6.91. The van der Waals surface area contributed by atoms with Gasteiger partial charge in [0, 0.05) is 11.4 Å². The monoisotopic (exact) mass is 358 g/mol. The smallest absolute Gasteiger partial charge is 0.330 e. The molecule has 2 rings (SSSR count). The molecule has 0 amide bonds. The second-order valence-electron chi connectivity index (χ2n) is 7.81. The summed E-state index contributed by atoms with van der Waals surface area (Å²) in [6, 6.07) is 0. The Bertz CT molecular complexity index is 720. The molecule has 0 saturated carbocycles. The Morgan fingerprint density at radius 3 is 2.29 bits per heavy atom. The second-order valence-corrected chi connectivity index (χ2v) is 13.1. The van der Waals surface area contributed by atoms with Crippen molar-refractivity contribution in [1.29, 1.82) is 0 Å². The van der Waals surface area contributed by atoms with Gasteiger partial charge in [0.15, 0.2) is 6.23 Å². The summed E-state index contributed by atoms with van der Waals surface area (Å²) in [5.74, 6) is 0. The van der Waals surface area contributed by atoms with Crippen LogP contribution in [0.15, 0.2) is 15.8 Å². The summed E-state index contributed by atoms with van der Waals surface area (Å²) in [7, 11) is -2.25. The van der Waals surface area contributed by atoms with Crippen LogP contribution < -0.4 is 16.4 Å². The summed E-state index contributed by atoms with van der Waals surface area (Å²) >= 11 is 0. The highest BCUT2D eigenvalue weighted by Crippen LogP contribution is 2.35. The second kappa shape index (κ2) is 6.23. The quantitative estimate of drug-likeness (QED) is 0.507. The first-order chi connectivity index (χ1) is 10.9. The summed E-state index contributed by atoms with van der Waals surface area (Å²) < 4.78 is 6.50. The van der Waals surface area contributed by atoms with Crippen molar-refractivity contribution in [1.82, 2.24) is 9.55 Å². The van der Waals surface area contributed by atoms with E-state index in [4.69, 9.17) is 4.74 Å². The van der Waals surface area contributed by atoms with Gasteiger partial charge in [0.1, 0.15) is 18.3 Å². The van der Waals surface area contributed by atoms with Gasteiger partial charge in [0.25, 0.3) is 5.56 Å². The van der Waals surface area contributed by atoms with Gasteiger partial charge < -0.3 is 20.1 Å². The molecule has 1 fully saturated rings. The number of rotatable bonds is 3. The average molecular weight is 358 g/mol. The normalized spacial score (nSPS) is 28.3. The third-order valence-electron chi connectivity index (χ3n) is 5.31. The fourth-order valence-electron chi connectivity index (χ4n) is 2.63. The Labute approximate surface area is 140 Å². The molecule has 9 heteroatoms. The van der Waals surface area contributed by atoms with Crippen LogP contribution in [0.4, 0.5) is 0 Å². The van der Waals surface area contributed by atoms with E-state index in [1.807, 2.05) is 33.9 Å². The van der Waals surface area contributed by atoms with Crippen LogP contribution in [0.5, 0.6) is 0 Å². The van der Waals surface area contributed by atoms with Gasteiger partial charge in [-0.1, -0.05) is 33.9 Å². The fourth-order valence-corrected chi connectivity index (χ4v) is 4.53. The SMILES string of the molecule is CC(C)(C)[Si](C)(C)c1cn([C@H]2O[C@@H](CO)C(O)C2O)c(=O)[nH]c1=O. The Balaban J connectivity index is 2.57. The van der Waals surface area contributed by atoms with Crippen molar-refractivity contribution in [3.63, 3.8) is 0 Å². The molecule has 136 valence electrons. The minimum Gasteiger partial charge on any atom is -0.394 e. The van der Waals surface area contributed by atoms with Crippen molar-refractivity contribution < 1.29 is 20.1 Å². The minimum atomic E-state index is -2.25. The fraction of sp³-hybridized carbons (Fsp3) is 0.733. The van der Waals surface area contributed by atoms with E-state index in [1.165, 1.54) is 6.20 Å². The molecule has 4 atom stereocenters.